The van der Waals surface area contributed by atoms with Gasteiger partial charge in [-0.25, -0.2) is 0 Å². The molecule has 0 rings (SSSR count). The van der Waals surface area contributed by atoms with Crippen molar-refractivity contribution in [3.05, 3.63) is 0 Å². The Morgan fingerprint density at radius 2 is 1.15 bits per heavy atom. The molecule has 0 aliphatic rings. The number of hydrogen-bond donors (Lipinski definition) is 0. The fraction of sp³-hybridized carbons (Fsp3) is 1.00. The van der Waals surface area contributed by atoms with E-state index in [0.717, 1.165) is 29.6 Å². The Morgan fingerprint density at radius 1 is 0.700 bits per heavy atom. The molecule has 0 heteroatoms. The molecule has 0 spiro atoms. The van der Waals surface area contributed by atoms with Gasteiger partial charge >= 0.3 is 0 Å². The third kappa shape index (κ3) is 4.78. The molecule has 0 heterocycles. The van der Waals surface area contributed by atoms with Crippen LogP contribution in [0.25, 0.3) is 0 Å². The molecular formula is C20H42. The SMILES string of the molecule is CC(C)CC(C)CC(C)C(C)C(C)(C(C)C)C(C)(C)C. The minimum atomic E-state index is 0.357. The van der Waals surface area contributed by atoms with Crippen molar-refractivity contribution in [3.8, 4) is 0 Å². The molecule has 0 aromatic rings. The summed E-state index contributed by atoms with van der Waals surface area (Å²) in [6.45, 7) is 26.7. The van der Waals surface area contributed by atoms with Crippen LogP contribution in [-0.2, 0) is 0 Å². The molecule has 4 atom stereocenters. The Labute approximate surface area is 130 Å². The third-order valence-corrected chi connectivity index (χ3v) is 6.26. The zero-order valence-corrected chi connectivity index (χ0v) is 16.3. The van der Waals surface area contributed by atoms with E-state index in [1.54, 1.807) is 0 Å². The third-order valence-electron chi connectivity index (χ3n) is 6.26. The highest BCUT2D eigenvalue weighted by atomic mass is 14.5. The van der Waals surface area contributed by atoms with Gasteiger partial charge in [-0.05, 0) is 53.3 Å². The molecule has 0 radical (unpaired) electrons. The van der Waals surface area contributed by atoms with Gasteiger partial charge in [-0.1, -0.05) is 76.2 Å². The smallest absolute Gasteiger partial charge is 0.0226 e. The van der Waals surface area contributed by atoms with Crippen molar-refractivity contribution in [1.29, 1.82) is 0 Å². The Hall–Kier alpha value is 0. The van der Waals surface area contributed by atoms with Crippen molar-refractivity contribution in [1.82, 2.24) is 0 Å². The lowest BCUT2D eigenvalue weighted by atomic mass is 9.53. The van der Waals surface area contributed by atoms with E-state index in [2.05, 4.69) is 76.2 Å². The van der Waals surface area contributed by atoms with Gasteiger partial charge in [-0.3, -0.25) is 0 Å². The molecule has 0 fully saturated rings. The summed E-state index contributed by atoms with van der Waals surface area (Å²) < 4.78 is 0. The summed E-state index contributed by atoms with van der Waals surface area (Å²) in [4.78, 5) is 0. The lowest BCUT2D eigenvalue weighted by Gasteiger charge is -2.52. The van der Waals surface area contributed by atoms with E-state index >= 15 is 0 Å². The molecule has 0 aliphatic heterocycles. The first-order chi connectivity index (χ1) is 8.84. The normalized spacial score (nSPS) is 20.9. The maximum Gasteiger partial charge on any atom is -0.0226 e. The summed E-state index contributed by atoms with van der Waals surface area (Å²) in [6.07, 6.45) is 2.74. The Bertz CT molecular complexity index is 268. The van der Waals surface area contributed by atoms with Crippen LogP contribution in [0.2, 0.25) is 0 Å². The molecular weight excluding hydrogens is 240 g/mol. The zero-order chi connectivity index (χ0) is 16.3. The van der Waals surface area contributed by atoms with Crippen LogP contribution in [0.4, 0.5) is 0 Å². The predicted molar refractivity (Wildman–Crippen MR) is 94.0 cm³/mol. The average Bonchev–Trinajstić information content (AvgIpc) is 2.23. The molecule has 4 unspecified atom stereocenters. The van der Waals surface area contributed by atoms with E-state index < -0.39 is 0 Å². The Morgan fingerprint density at radius 3 is 1.45 bits per heavy atom. The van der Waals surface area contributed by atoms with Crippen LogP contribution in [0.1, 0.15) is 89.0 Å². The molecule has 0 bridgehead atoms. The quantitative estimate of drug-likeness (QED) is 0.470. The second kappa shape index (κ2) is 7.32. The second-order valence-electron chi connectivity index (χ2n) is 9.42. The van der Waals surface area contributed by atoms with Gasteiger partial charge in [-0.15, -0.1) is 0 Å². The lowest BCUT2D eigenvalue weighted by molar-refractivity contribution is -0.0333. The maximum atomic E-state index is 2.52. The van der Waals surface area contributed by atoms with Gasteiger partial charge in [0.1, 0.15) is 0 Å². The van der Waals surface area contributed by atoms with Crippen LogP contribution in [0.15, 0.2) is 0 Å². The van der Waals surface area contributed by atoms with Crippen LogP contribution in [0.5, 0.6) is 0 Å². The van der Waals surface area contributed by atoms with Crippen molar-refractivity contribution in [2.75, 3.05) is 0 Å². The van der Waals surface area contributed by atoms with Gasteiger partial charge in [0, 0.05) is 0 Å². The van der Waals surface area contributed by atoms with Gasteiger partial charge in [-0.2, -0.15) is 0 Å². The molecule has 0 aromatic heterocycles. The molecule has 0 N–H and O–H groups in total. The standard InChI is InChI=1S/C20H42/c1-14(2)12-16(5)13-17(6)18(7)20(11,15(3)4)19(8,9)10/h14-18H,12-13H2,1-11H3. The average molecular weight is 283 g/mol. The van der Waals surface area contributed by atoms with Crippen LogP contribution < -0.4 is 0 Å². The van der Waals surface area contributed by atoms with E-state index in [1.165, 1.54) is 12.8 Å². The number of hydrogen-bond acceptors (Lipinski definition) is 0. The first-order valence-corrected chi connectivity index (χ1v) is 8.84. The fourth-order valence-corrected chi connectivity index (χ4v) is 4.41. The molecule has 0 amide bonds. The molecule has 0 saturated heterocycles. The summed E-state index contributed by atoms with van der Waals surface area (Å²) in [7, 11) is 0. The molecule has 0 saturated carbocycles. The fourth-order valence-electron chi connectivity index (χ4n) is 4.41. The van der Waals surface area contributed by atoms with Crippen molar-refractivity contribution in [2.45, 2.75) is 89.0 Å². The highest BCUT2D eigenvalue weighted by Gasteiger charge is 2.45. The van der Waals surface area contributed by atoms with Crippen molar-refractivity contribution in [2.24, 2.45) is 40.4 Å². The van der Waals surface area contributed by atoms with E-state index in [9.17, 15) is 0 Å². The maximum absolute atomic E-state index is 2.52. The van der Waals surface area contributed by atoms with E-state index in [0.29, 0.717) is 10.8 Å². The topological polar surface area (TPSA) is 0 Å². The molecule has 122 valence electrons. The van der Waals surface area contributed by atoms with Gasteiger partial charge in [0.25, 0.3) is 0 Å². The van der Waals surface area contributed by atoms with Gasteiger partial charge in [0.2, 0.25) is 0 Å². The minimum Gasteiger partial charge on any atom is -0.0628 e. The summed E-state index contributed by atoms with van der Waals surface area (Å²) in [5.74, 6) is 3.96. The van der Waals surface area contributed by atoms with Gasteiger partial charge < -0.3 is 0 Å². The predicted octanol–water partition coefficient (Wildman–Crippen LogP) is 7.04. The Kier molecular flexibility index (Phi) is 7.32. The minimum absolute atomic E-state index is 0.357. The van der Waals surface area contributed by atoms with E-state index in [4.69, 9.17) is 0 Å². The van der Waals surface area contributed by atoms with Crippen LogP contribution in [0, 0.1) is 40.4 Å². The number of rotatable bonds is 7. The van der Waals surface area contributed by atoms with E-state index in [1.807, 2.05) is 0 Å². The van der Waals surface area contributed by atoms with E-state index in [-0.39, 0.29) is 0 Å². The Balaban J connectivity index is 4.96. The lowest BCUT2D eigenvalue weighted by Crippen LogP contribution is -2.45. The molecule has 0 aliphatic carbocycles. The molecule has 0 aromatic carbocycles. The highest BCUT2D eigenvalue weighted by Crippen LogP contribution is 2.53. The first kappa shape index (κ1) is 20.0. The van der Waals surface area contributed by atoms with Crippen LogP contribution >= 0.6 is 0 Å². The molecule has 20 heavy (non-hydrogen) atoms. The zero-order valence-electron chi connectivity index (χ0n) is 16.3. The van der Waals surface area contributed by atoms with Gasteiger partial charge in [0.15, 0.2) is 0 Å². The highest BCUT2D eigenvalue weighted by molar-refractivity contribution is 4.94. The first-order valence-electron chi connectivity index (χ1n) is 8.84. The summed E-state index contributed by atoms with van der Waals surface area (Å²) in [6, 6.07) is 0. The van der Waals surface area contributed by atoms with Gasteiger partial charge in [0.05, 0.1) is 0 Å². The summed E-state index contributed by atoms with van der Waals surface area (Å²) in [5, 5.41) is 0. The molecule has 0 nitrogen and oxygen atoms in total. The van der Waals surface area contributed by atoms with Crippen LogP contribution in [0.3, 0.4) is 0 Å². The van der Waals surface area contributed by atoms with Crippen LogP contribution in [-0.4, -0.2) is 0 Å². The van der Waals surface area contributed by atoms with Crippen molar-refractivity contribution < 1.29 is 0 Å². The largest absolute Gasteiger partial charge is 0.0628 e. The summed E-state index contributed by atoms with van der Waals surface area (Å²) >= 11 is 0. The second-order valence-corrected chi connectivity index (χ2v) is 9.42. The summed E-state index contributed by atoms with van der Waals surface area (Å²) in [5.41, 5.74) is 0.750. The van der Waals surface area contributed by atoms with Crippen molar-refractivity contribution in [3.63, 3.8) is 0 Å². The van der Waals surface area contributed by atoms with Crippen molar-refractivity contribution >= 4 is 0 Å². The monoisotopic (exact) mass is 282 g/mol.